The molecule has 4 heterocycles. The molecule has 1 fully saturated rings. The molecule has 0 saturated carbocycles. The van der Waals surface area contributed by atoms with Gasteiger partial charge in [-0.2, -0.15) is 10.2 Å². The van der Waals surface area contributed by atoms with Crippen LogP contribution in [-0.4, -0.2) is 53.8 Å². The number of likely N-dealkylation sites (tertiary alicyclic amines) is 1. The molecular weight excluding hydrogens is 376 g/mol. The maximum atomic E-state index is 4.59. The number of hydrogen-bond acceptors (Lipinski definition) is 6. The first kappa shape index (κ1) is 18.7. The third-order valence-electron chi connectivity index (χ3n) is 6.00. The number of aromatic amines is 1. The second-order valence-corrected chi connectivity index (χ2v) is 8.13. The average Bonchev–Trinajstić information content (AvgIpc) is 3.47. The van der Waals surface area contributed by atoms with Crippen molar-refractivity contribution in [1.82, 2.24) is 34.7 Å². The molecule has 1 aromatic carbocycles. The van der Waals surface area contributed by atoms with Crippen LogP contribution in [0.3, 0.4) is 0 Å². The van der Waals surface area contributed by atoms with Crippen LogP contribution in [0.4, 0.5) is 11.5 Å². The molecule has 30 heavy (non-hydrogen) atoms. The van der Waals surface area contributed by atoms with Gasteiger partial charge in [-0.3, -0.25) is 5.10 Å². The largest absolute Gasteiger partial charge is 0.337 e. The lowest BCUT2D eigenvalue weighted by Gasteiger charge is -2.34. The molecular formula is C22H26N8. The molecule has 0 atom stereocenters. The van der Waals surface area contributed by atoms with Gasteiger partial charge in [0.2, 0.25) is 0 Å². The van der Waals surface area contributed by atoms with E-state index < -0.39 is 0 Å². The Hall–Kier alpha value is -3.26. The summed E-state index contributed by atoms with van der Waals surface area (Å²) in [6.07, 6.45) is 9.33. The Balaban J connectivity index is 1.33. The molecule has 0 amide bonds. The zero-order valence-corrected chi connectivity index (χ0v) is 17.3. The fourth-order valence-electron chi connectivity index (χ4n) is 4.22. The summed E-state index contributed by atoms with van der Waals surface area (Å²) in [5.41, 5.74) is 4.84. The molecule has 4 aromatic rings. The number of anilines is 2. The predicted molar refractivity (Wildman–Crippen MR) is 117 cm³/mol. The highest BCUT2D eigenvalue weighted by Gasteiger charge is 2.22. The highest BCUT2D eigenvalue weighted by atomic mass is 15.3. The number of nitrogens with one attached hydrogen (secondary N) is 2. The van der Waals surface area contributed by atoms with Crippen molar-refractivity contribution < 1.29 is 0 Å². The van der Waals surface area contributed by atoms with Crippen LogP contribution in [0.25, 0.3) is 16.9 Å². The number of rotatable bonds is 5. The van der Waals surface area contributed by atoms with E-state index in [9.17, 15) is 0 Å². The second-order valence-electron chi connectivity index (χ2n) is 8.13. The van der Waals surface area contributed by atoms with Crippen molar-refractivity contribution in [3.05, 3.63) is 54.7 Å². The quantitative estimate of drug-likeness (QED) is 0.527. The van der Waals surface area contributed by atoms with Crippen molar-refractivity contribution in [3.63, 3.8) is 0 Å². The Morgan fingerprint density at radius 3 is 2.57 bits per heavy atom. The molecule has 1 aliphatic rings. The van der Waals surface area contributed by atoms with Gasteiger partial charge in [-0.25, -0.2) is 14.5 Å². The summed E-state index contributed by atoms with van der Waals surface area (Å²) in [4.78, 5) is 11.5. The molecule has 5 rings (SSSR count). The lowest BCUT2D eigenvalue weighted by molar-refractivity contribution is 0.172. The summed E-state index contributed by atoms with van der Waals surface area (Å²) in [5.74, 6) is 1.32. The summed E-state index contributed by atoms with van der Waals surface area (Å²) in [7, 11) is 0. The zero-order valence-electron chi connectivity index (χ0n) is 17.3. The molecule has 2 N–H and O–H groups in total. The van der Waals surface area contributed by atoms with Gasteiger partial charge >= 0.3 is 0 Å². The van der Waals surface area contributed by atoms with E-state index in [1.165, 1.54) is 31.5 Å². The van der Waals surface area contributed by atoms with Crippen molar-refractivity contribution in [2.45, 2.75) is 38.6 Å². The fourth-order valence-corrected chi connectivity index (χ4v) is 4.22. The number of aromatic nitrogens is 6. The van der Waals surface area contributed by atoms with Crippen LogP contribution >= 0.6 is 0 Å². The highest BCUT2D eigenvalue weighted by molar-refractivity contribution is 5.73. The standard InChI is InChI=1S/C22H26N8/c1-15(2)29-9-7-17(8-10-29)16-3-5-19(6-4-16)28-21-22-24-14-27-30(22)20(13-23-21)18-11-25-26-12-18/h3-6,11-15,17H,7-10H2,1-2H3,(H,23,28)(H,25,26). The van der Waals surface area contributed by atoms with Gasteiger partial charge < -0.3 is 10.2 Å². The van der Waals surface area contributed by atoms with E-state index in [1.54, 1.807) is 23.2 Å². The van der Waals surface area contributed by atoms with E-state index in [1.807, 2.05) is 6.20 Å². The Morgan fingerprint density at radius 1 is 1.07 bits per heavy atom. The number of fused-ring (bicyclic) bond motifs is 1. The minimum atomic E-state index is 0.638. The van der Waals surface area contributed by atoms with Gasteiger partial charge in [0.1, 0.15) is 6.33 Å². The summed E-state index contributed by atoms with van der Waals surface area (Å²) >= 11 is 0. The highest BCUT2D eigenvalue weighted by Crippen LogP contribution is 2.30. The first-order chi connectivity index (χ1) is 14.7. The van der Waals surface area contributed by atoms with Gasteiger partial charge in [0.15, 0.2) is 11.5 Å². The predicted octanol–water partition coefficient (Wildman–Crippen LogP) is 3.85. The number of hydrogen-bond donors (Lipinski definition) is 2. The molecule has 154 valence electrons. The first-order valence-electron chi connectivity index (χ1n) is 10.5. The Labute approximate surface area is 175 Å². The molecule has 8 nitrogen and oxygen atoms in total. The number of piperidine rings is 1. The molecule has 8 heteroatoms. The molecule has 1 saturated heterocycles. The van der Waals surface area contributed by atoms with E-state index in [-0.39, 0.29) is 0 Å². The minimum absolute atomic E-state index is 0.638. The van der Waals surface area contributed by atoms with E-state index in [2.05, 4.69) is 73.6 Å². The Morgan fingerprint density at radius 2 is 1.87 bits per heavy atom. The van der Waals surface area contributed by atoms with E-state index in [4.69, 9.17) is 0 Å². The lowest BCUT2D eigenvalue weighted by atomic mass is 9.89. The van der Waals surface area contributed by atoms with E-state index in [0.29, 0.717) is 23.4 Å². The van der Waals surface area contributed by atoms with E-state index >= 15 is 0 Å². The van der Waals surface area contributed by atoms with E-state index in [0.717, 1.165) is 16.9 Å². The summed E-state index contributed by atoms with van der Waals surface area (Å²) < 4.78 is 1.77. The van der Waals surface area contributed by atoms with Gasteiger partial charge in [0.25, 0.3) is 0 Å². The van der Waals surface area contributed by atoms with Gasteiger partial charge in [-0.1, -0.05) is 12.1 Å². The Bertz CT molecular complexity index is 1110. The second kappa shape index (κ2) is 7.87. The van der Waals surface area contributed by atoms with Crippen molar-refractivity contribution >= 4 is 17.2 Å². The van der Waals surface area contributed by atoms with Crippen LogP contribution in [-0.2, 0) is 0 Å². The van der Waals surface area contributed by atoms with Crippen LogP contribution in [0.15, 0.2) is 49.2 Å². The molecule has 0 spiro atoms. The van der Waals surface area contributed by atoms with Crippen molar-refractivity contribution in [1.29, 1.82) is 0 Å². The van der Waals surface area contributed by atoms with Gasteiger partial charge in [0.05, 0.1) is 18.1 Å². The number of nitrogens with zero attached hydrogens (tertiary/aromatic N) is 6. The topological polar surface area (TPSA) is 87.0 Å². The van der Waals surface area contributed by atoms with Gasteiger partial charge in [-0.05, 0) is 63.4 Å². The summed E-state index contributed by atoms with van der Waals surface area (Å²) in [6.45, 7) is 6.92. The maximum Gasteiger partial charge on any atom is 0.199 e. The summed E-state index contributed by atoms with van der Waals surface area (Å²) in [5, 5.41) is 14.6. The molecule has 0 bridgehead atoms. The average molecular weight is 403 g/mol. The fraction of sp³-hybridized carbons (Fsp3) is 0.364. The Kier molecular flexibility index (Phi) is 4.92. The molecule has 0 radical (unpaired) electrons. The monoisotopic (exact) mass is 402 g/mol. The van der Waals surface area contributed by atoms with Crippen LogP contribution in [0.1, 0.15) is 38.2 Å². The third kappa shape index (κ3) is 3.54. The van der Waals surface area contributed by atoms with Gasteiger partial charge in [-0.15, -0.1) is 0 Å². The lowest BCUT2D eigenvalue weighted by Crippen LogP contribution is -2.37. The van der Waals surface area contributed by atoms with Crippen LogP contribution in [0.2, 0.25) is 0 Å². The maximum absolute atomic E-state index is 4.59. The molecule has 0 unspecified atom stereocenters. The van der Waals surface area contributed by atoms with Crippen molar-refractivity contribution in [2.75, 3.05) is 18.4 Å². The summed E-state index contributed by atoms with van der Waals surface area (Å²) in [6, 6.07) is 9.36. The number of H-pyrrole nitrogens is 1. The molecule has 3 aromatic heterocycles. The zero-order chi connectivity index (χ0) is 20.5. The number of benzene rings is 1. The van der Waals surface area contributed by atoms with Crippen molar-refractivity contribution in [2.24, 2.45) is 0 Å². The minimum Gasteiger partial charge on any atom is -0.337 e. The van der Waals surface area contributed by atoms with Crippen LogP contribution in [0.5, 0.6) is 0 Å². The van der Waals surface area contributed by atoms with Crippen LogP contribution in [0, 0.1) is 0 Å². The van der Waals surface area contributed by atoms with Gasteiger partial charge in [0, 0.05) is 23.5 Å². The SMILES string of the molecule is CC(C)N1CCC(c2ccc(Nc3ncc(-c4cn[nH]c4)n4ncnc34)cc2)CC1. The normalized spacial score (nSPS) is 15.8. The molecule has 1 aliphatic heterocycles. The van der Waals surface area contributed by atoms with Crippen molar-refractivity contribution in [3.8, 4) is 11.3 Å². The molecule has 0 aliphatic carbocycles. The first-order valence-corrected chi connectivity index (χ1v) is 10.5. The van der Waals surface area contributed by atoms with Crippen LogP contribution < -0.4 is 5.32 Å². The third-order valence-corrected chi connectivity index (χ3v) is 6.00. The smallest absolute Gasteiger partial charge is 0.199 e.